The van der Waals surface area contributed by atoms with Crippen LogP contribution in [0.2, 0.25) is 0 Å². The average molecular weight is 289 g/mol. The Morgan fingerprint density at radius 3 is 2.19 bits per heavy atom. The van der Waals surface area contributed by atoms with Crippen molar-refractivity contribution in [3.8, 4) is 11.5 Å². The molecule has 0 saturated heterocycles. The van der Waals surface area contributed by atoms with Gasteiger partial charge in [0.1, 0.15) is 23.9 Å². The van der Waals surface area contributed by atoms with Gasteiger partial charge in [-0.15, -0.1) is 0 Å². The van der Waals surface area contributed by atoms with E-state index in [-0.39, 0.29) is 19.0 Å². The van der Waals surface area contributed by atoms with Crippen molar-refractivity contribution < 1.29 is 13.9 Å². The normalized spacial score (nSPS) is 10.4. The van der Waals surface area contributed by atoms with E-state index in [9.17, 15) is 4.39 Å². The summed E-state index contributed by atoms with van der Waals surface area (Å²) in [5.41, 5.74) is 6.49. The molecule has 0 aliphatic rings. The monoisotopic (exact) mass is 289 g/mol. The van der Waals surface area contributed by atoms with Crippen molar-refractivity contribution in [2.24, 2.45) is 5.73 Å². The summed E-state index contributed by atoms with van der Waals surface area (Å²) in [5, 5.41) is 0. The third-order valence-electron chi connectivity index (χ3n) is 3.07. The highest BCUT2D eigenvalue weighted by atomic mass is 19.1. The van der Waals surface area contributed by atoms with E-state index in [4.69, 9.17) is 15.2 Å². The van der Waals surface area contributed by atoms with Crippen molar-refractivity contribution in [1.29, 1.82) is 0 Å². The molecule has 0 aliphatic carbocycles. The largest absolute Gasteiger partial charge is 0.494 e. The summed E-state index contributed by atoms with van der Waals surface area (Å²) in [7, 11) is 0. The molecule has 0 aliphatic heterocycles. The van der Waals surface area contributed by atoms with Crippen molar-refractivity contribution in [3.63, 3.8) is 0 Å². The zero-order valence-corrected chi connectivity index (χ0v) is 12.1. The molecule has 0 spiro atoms. The van der Waals surface area contributed by atoms with Crippen molar-refractivity contribution in [3.05, 3.63) is 59.4 Å². The lowest BCUT2D eigenvalue weighted by atomic mass is 10.1. The Morgan fingerprint density at radius 1 is 0.952 bits per heavy atom. The summed E-state index contributed by atoms with van der Waals surface area (Å²) in [5.74, 6) is 1.19. The fourth-order valence-corrected chi connectivity index (χ4v) is 1.92. The Labute approximate surface area is 124 Å². The molecule has 2 aromatic carbocycles. The maximum Gasteiger partial charge on any atom is 0.134 e. The van der Waals surface area contributed by atoms with Gasteiger partial charge in [-0.05, 0) is 30.7 Å². The van der Waals surface area contributed by atoms with Gasteiger partial charge in [-0.1, -0.05) is 25.1 Å². The molecule has 0 bridgehead atoms. The standard InChI is InChI=1S/C17H20FNO2/c1-2-10-20-15-6-8-16(9-7-15)21-12-14-5-3-4-13(11-19)17(14)18/h3-9H,2,10-12,19H2,1H3. The van der Waals surface area contributed by atoms with E-state index in [1.165, 1.54) is 0 Å². The molecule has 21 heavy (non-hydrogen) atoms. The van der Waals surface area contributed by atoms with Crippen molar-refractivity contribution in [2.75, 3.05) is 6.61 Å². The van der Waals surface area contributed by atoms with Crippen LogP contribution in [0.4, 0.5) is 4.39 Å². The van der Waals surface area contributed by atoms with Crippen molar-refractivity contribution in [2.45, 2.75) is 26.5 Å². The highest BCUT2D eigenvalue weighted by molar-refractivity contribution is 5.32. The number of nitrogens with two attached hydrogens (primary N) is 1. The molecule has 2 N–H and O–H groups in total. The van der Waals surface area contributed by atoms with E-state index in [1.807, 2.05) is 24.3 Å². The van der Waals surface area contributed by atoms with Gasteiger partial charge in [0.15, 0.2) is 0 Å². The molecule has 2 rings (SSSR count). The second kappa shape index (κ2) is 7.64. The van der Waals surface area contributed by atoms with Crippen LogP contribution in [0.15, 0.2) is 42.5 Å². The third kappa shape index (κ3) is 4.20. The zero-order chi connectivity index (χ0) is 15.1. The number of benzene rings is 2. The molecule has 0 saturated carbocycles. The molecule has 4 heteroatoms. The molecule has 112 valence electrons. The third-order valence-corrected chi connectivity index (χ3v) is 3.07. The lowest BCUT2D eigenvalue weighted by Gasteiger charge is -2.10. The molecule has 0 unspecified atom stereocenters. The van der Waals surface area contributed by atoms with Crippen LogP contribution in [0.5, 0.6) is 11.5 Å². The maximum atomic E-state index is 14.0. The van der Waals surface area contributed by atoms with Gasteiger partial charge in [-0.25, -0.2) is 4.39 Å². The van der Waals surface area contributed by atoms with E-state index in [0.717, 1.165) is 12.2 Å². The first kappa shape index (κ1) is 15.3. The average Bonchev–Trinajstić information content (AvgIpc) is 2.53. The van der Waals surface area contributed by atoms with Crippen LogP contribution in [0.3, 0.4) is 0 Å². The van der Waals surface area contributed by atoms with Gasteiger partial charge in [-0.3, -0.25) is 0 Å². The topological polar surface area (TPSA) is 44.5 Å². The minimum Gasteiger partial charge on any atom is -0.494 e. The lowest BCUT2D eigenvalue weighted by Crippen LogP contribution is -2.05. The van der Waals surface area contributed by atoms with Crippen LogP contribution < -0.4 is 15.2 Å². The van der Waals surface area contributed by atoms with Crippen LogP contribution in [-0.2, 0) is 13.2 Å². The second-order valence-corrected chi connectivity index (χ2v) is 4.70. The molecule has 0 fully saturated rings. The first-order valence-electron chi connectivity index (χ1n) is 7.06. The van der Waals surface area contributed by atoms with Gasteiger partial charge in [-0.2, -0.15) is 0 Å². The van der Waals surface area contributed by atoms with Crippen LogP contribution >= 0.6 is 0 Å². The minimum absolute atomic E-state index is 0.175. The summed E-state index contributed by atoms with van der Waals surface area (Å²) in [6.07, 6.45) is 0.967. The summed E-state index contributed by atoms with van der Waals surface area (Å²) >= 11 is 0. The first-order valence-corrected chi connectivity index (χ1v) is 7.06. The molecular formula is C17H20FNO2. The van der Waals surface area contributed by atoms with E-state index < -0.39 is 0 Å². The fourth-order valence-electron chi connectivity index (χ4n) is 1.92. The second-order valence-electron chi connectivity index (χ2n) is 4.70. The zero-order valence-electron chi connectivity index (χ0n) is 12.1. The Kier molecular flexibility index (Phi) is 5.58. The molecule has 0 amide bonds. The van der Waals surface area contributed by atoms with Crippen molar-refractivity contribution in [1.82, 2.24) is 0 Å². The molecule has 0 aromatic heterocycles. The minimum atomic E-state index is -0.289. The quantitative estimate of drug-likeness (QED) is 0.846. The molecular weight excluding hydrogens is 269 g/mol. The summed E-state index contributed by atoms with van der Waals surface area (Å²) in [6.45, 7) is 3.11. The predicted octanol–water partition coefficient (Wildman–Crippen LogP) is 3.65. The van der Waals surface area contributed by atoms with E-state index in [2.05, 4.69) is 6.92 Å². The smallest absolute Gasteiger partial charge is 0.134 e. The number of rotatable bonds is 7. The number of ether oxygens (including phenoxy) is 2. The number of halogens is 1. The molecule has 0 heterocycles. The van der Waals surface area contributed by atoms with E-state index in [0.29, 0.717) is 23.5 Å². The van der Waals surface area contributed by atoms with E-state index >= 15 is 0 Å². The maximum absolute atomic E-state index is 14.0. The lowest BCUT2D eigenvalue weighted by molar-refractivity contribution is 0.296. The molecule has 3 nitrogen and oxygen atoms in total. The van der Waals surface area contributed by atoms with Gasteiger partial charge in [0.05, 0.1) is 6.61 Å². The van der Waals surface area contributed by atoms with Gasteiger partial charge in [0.2, 0.25) is 0 Å². The van der Waals surface area contributed by atoms with Gasteiger partial charge in [0, 0.05) is 17.7 Å². The summed E-state index contributed by atoms with van der Waals surface area (Å²) < 4.78 is 25.1. The van der Waals surface area contributed by atoms with Crippen LogP contribution in [-0.4, -0.2) is 6.61 Å². The first-order chi connectivity index (χ1) is 10.2. The number of hydrogen-bond acceptors (Lipinski definition) is 3. The van der Waals surface area contributed by atoms with Gasteiger partial charge < -0.3 is 15.2 Å². The highest BCUT2D eigenvalue weighted by Crippen LogP contribution is 2.20. The molecule has 0 atom stereocenters. The summed E-state index contributed by atoms with van der Waals surface area (Å²) in [6, 6.07) is 12.5. The van der Waals surface area contributed by atoms with Gasteiger partial charge in [0.25, 0.3) is 0 Å². The van der Waals surface area contributed by atoms with Crippen LogP contribution in [0, 0.1) is 5.82 Å². The Morgan fingerprint density at radius 2 is 1.57 bits per heavy atom. The Bertz CT molecular complexity index is 570. The Hall–Kier alpha value is -2.07. The SMILES string of the molecule is CCCOc1ccc(OCc2cccc(CN)c2F)cc1. The van der Waals surface area contributed by atoms with E-state index in [1.54, 1.807) is 18.2 Å². The van der Waals surface area contributed by atoms with Crippen LogP contribution in [0.1, 0.15) is 24.5 Å². The summed E-state index contributed by atoms with van der Waals surface area (Å²) in [4.78, 5) is 0. The molecule has 2 aromatic rings. The molecule has 0 radical (unpaired) electrons. The highest BCUT2D eigenvalue weighted by Gasteiger charge is 2.07. The number of hydrogen-bond donors (Lipinski definition) is 1. The fraction of sp³-hybridized carbons (Fsp3) is 0.294. The van der Waals surface area contributed by atoms with Gasteiger partial charge >= 0.3 is 0 Å². The van der Waals surface area contributed by atoms with Crippen LogP contribution in [0.25, 0.3) is 0 Å². The van der Waals surface area contributed by atoms with Crippen molar-refractivity contribution >= 4 is 0 Å². The Balaban J connectivity index is 1.97. The predicted molar refractivity (Wildman–Crippen MR) is 80.9 cm³/mol.